The van der Waals surface area contributed by atoms with E-state index in [1.54, 1.807) is 0 Å². The van der Waals surface area contributed by atoms with Gasteiger partial charge in [0.2, 0.25) is 6.04 Å². The van der Waals surface area contributed by atoms with Crippen molar-refractivity contribution < 1.29 is 28.5 Å². The molecule has 0 N–H and O–H groups in total. The molecule has 0 radical (unpaired) electrons. The summed E-state index contributed by atoms with van der Waals surface area (Å²) < 4.78 is 2.26. The van der Waals surface area contributed by atoms with Crippen molar-refractivity contribution in [3.05, 3.63) is 101 Å². The summed E-state index contributed by atoms with van der Waals surface area (Å²) in [5.41, 5.74) is 5.19. The molecule has 0 saturated carbocycles. The number of aryl methyl sites for hydroxylation is 2. The maximum Gasteiger partial charge on any atom is 0.208 e. The average Bonchev–Trinajstić information content (AvgIpc) is 2.52. The Kier molecular flexibility index (Phi) is 5.72. The van der Waals surface area contributed by atoms with Crippen molar-refractivity contribution in [2.75, 3.05) is 0 Å². The minimum atomic E-state index is 0. The molecule has 1 heterocycles. The second-order valence-corrected chi connectivity index (χ2v) is 5.55. The molecule has 22 heavy (non-hydrogen) atoms. The Balaban J connectivity index is 0.00000176. The van der Waals surface area contributed by atoms with Crippen LogP contribution in [0.5, 0.6) is 0 Å². The highest BCUT2D eigenvalue weighted by Gasteiger charge is 2.22. The topological polar surface area (TPSA) is 3.88 Å². The van der Waals surface area contributed by atoms with Gasteiger partial charge in [-0.15, -0.1) is 0 Å². The van der Waals surface area contributed by atoms with E-state index in [4.69, 9.17) is 0 Å². The predicted molar refractivity (Wildman–Crippen MR) is 86.2 cm³/mol. The van der Waals surface area contributed by atoms with Crippen LogP contribution in [0.25, 0.3) is 0 Å². The third kappa shape index (κ3) is 3.74. The van der Waals surface area contributed by atoms with E-state index in [0.717, 1.165) is 0 Å². The van der Waals surface area contributed by atoms with Crippen molar-refractivity contribution in [2.45, 2.75) is 19.9 Å². The molecule has 0 aliphatic carbocycles. The lowest BCUT2D eigenvalue weighted by atomic mass is 9.96. The third-order valence-corrected chi connectivity index (χ3v) is 3.82. The molecule has 0 spiro atoms. The fourth-order valence-electron chi connectivity index (χ4n) is 2.62. The molecular weight excluding hydrogens is 381 g/mol. The molecule has 1 nitrogen and oxygen atoms in total. The second-order valence-electron chi connectivity index (χ2n) is 5.55. The molecule has 3 rings (SSSR count). The molecule has 2 aromatic carbocycles. The van der Waals surface area contributed by atoms with E-state index in [2.05, 4.69) is 97.5 Å². The minimum absolute atomic E-state index is 0. The van der Waals surface area contributed by atoms with E-state index in [1.807, 2.05) is 0 Å². The van der Waals surface area contributed by atoms with Crippen LogP contribution in [-0.4, -0.2) is 0 Å². The van der Waals surface area contributed by atoms with Gasteiger partial charge in [0.25, 0.3) is 0 Å². The fourth-order valence-corrected chi connectivity index (χ4v) is 2.62. The minimum Gasteiger partial charge on any atom is -1.00 e. The molecule has 0 atom stereocenters. The van der Waals surface area contributed by atoms with Gasteiger partial charge < -0.3 is 24.0 Å². The lowest BCUT2D eigenvalue weighted by molar-refractivity contribution is -0.704. The van der Waals surface area contributed by atoms with Crippen LogP contribution in [0.15, 0.2) is 79.1 Å². The first-order valence-corrected chi connectivity index (χ1v) is 7.33. The molecule has 0 bridgehead atoms. The molecule has 0 saturated heterocycles. The van der Waals surface area contributed by atoms with E-state index < -0.39 is 0 Å². The van der Waals surface area contributed by atoms with Crippen LogP contribution in [0, 0.1) is 13.8 Å². The van der Waals surface area contributed by atoms with Crippen molar-refractivity contribution in [2.24, 2.45) is 0 Å². The van der Waals surface area contributed by atoms with Crippen molar-refractivity contribution in [1.82, 2.24) is 0 Å². The van der Waals surface area contributed by atoms with E-state index in [1.165, 1.54) is 22.3 Å². The summed E-state index contributed by atoms with van der Waals surface area (Å²) >= 11 is 0. The fraction of sp³-hybridized carbons (Fsp3) is 0.150. The molecule has 0 fully saturated rings. The standard InChI is InChI=1S/C20H20N.HI/c1-16-6-10-18(11-7-16)20(21-14-4-3-5-15-21)19-12-8-17(2)9-13-19;/h3-15,20H,1-2H3;1H/q+1;/p-1. The van der Waals surface area contributed by atoms with Crippen LogP contribution < -0.4 is 28.5 Å². The summed E-state index contributed by atoms with van der Waals surface area (Å²) in [4.78, 5) is 0. The number of nitrogens with zero attached hydrogens (tertiary/aromatic N) is 1. The molecule has 0 unspecified atom stereocenters. The first kappa shape index (κ1) is 16.7. The maximum absolute atomic E-state index is 2.26. The van der Waals surface area contributed by atoms with Gasteiger partial charge >= 0.3 is 0 Å². The van der Waals surface area contributed by atoms with Gasteiger partial charge in [-0.1, -0.05) is 65.7 Å². The number of halogens is 1. The van der Waals surface area contributed by atoms with Crippen LogP contribution in [-0.2, 0) is 0 Å². The van der Waals surface area contributed by atoms with Crippen molar-refractivity contribution in [1.29, 1.82) is 0 Å². The van der Waals surface area contributed by atoms with Crippen LogP contribution in [0.1, 0.15) is 28.3 Å². The summed E-state index contributed by atoms with van der Waals surface area (Å²) in [6.45, 7) is 4.25. The number of hydrogen-bond acceptors (Lipinski definition) is 0. The van der Waals surface area contributed by atoms with Gasteiger partial charge in [-0.2, -0.15) is 4.57 Å². The van der Waals surface area contributed by atoms with Gasteiger partial charge in [0, 0.05) is 23.3 Å². The van der Waals surface area contributed by atoms with E-state index in [9.17, 15) is 0 Å². The number of pyridine rings is 1. The molecule has 112 valence electrons. The highest BCUT2D eigenvalue weighted by atomic mass is 127. The maximum atomic E-state index is 2.26. The lowest BCUT2D eigenvalue weighted by Gasteiger charge is -2.14. The average molecular weight is 401 g/mol. The summed E-state index contributed by atoms with van der Waals surface area (Å²) in [5.74, 6) is 0. The highest BCUT2D eigenvalue weighted by molar-refractivity contribution is 5.32. The zero-order chi connectivity index (χ0) is 14.7. The number of aromatic nitrogens is 1. The molecular formula is C20H20IN. The monoisotopic (exact) mass is 401 g/mol. The normalized spacial score (nSPS) is 10.3. The zero-order valence-corrected chi connectivity index (χ0v) is 15.1. The second kappa shape index (κ2) is 7.54. The zero-order valence-electron chi connectivity index (χ0n) is 12.9. The predicted octanol–water partition coefficient (Wildman–Crippen LogP) is 1.23. The van der Waals surface area contributed by atoms with Gasteiger partial charge in [0.05, 0.1) is 0 Å². The van der Waals surface area contributed by atoms with Crippen molar-refractivity contribution in [3.63, 3.8) is 0 Å². The van der Waals surface area contributed by atoms with Crippen LogP contribution >= 0.6 is 0 Å². The molecule has 0 amide bonds. The van der Waals surface area contributed by atoms with E-state index in [-0.39, 0.29) is 30.0 Å². The molecule has 0 aliphatic heterocycles. The summed E-state index contributed by atoms with van der Waals surface area (Å²) in [6, 6.07) is 24.0. The third-order valence-electron chi connectivity index (χ3n) is 3.82. The molecule has 3 aromatic rings. The van der Waals surface area contributed by atoms with E-state index in [0.29, 0.717) is 0 Å². The molecule has 2 heteroatoms. The number of rotatable bonds is 3. The number of benzene rings is 2. The smallest absolute Gasteiger partial charge is 0.208 e. The quantitative estimate of drug-likeness (QED) is 0.459. The largest absolute Gasteiger partial charge is 1.00 e. The van der Waals surface area contributed by atoms with Gasteiger partial charge in [0.1, 0.15) is 0 Å². The Morgan fingerprint density at radius 1 is 0.636 bits per heavy atom. The Morgan fingerprint density at radius 3 is 1.45 bits per heavy atom. The molecule has 0 aliphatic rings. The SMILES string of the molecule is Cc1ccc(C(c2ccc(C)cc2)[n+]2ccccc2)cc1.[I-]. The van der Waals surface area contributed by atoms with Gasteiger partial charge in [-0.05, 0) is 13.8 Å². The Bertz CT molecular complexity index is 657. The van der Waals surface area contributed by atoms with Crippen LogP contribution in [0.3, 0.4) is 0 Å². The lowest BCUT2D eigenvalue weighted by Crippen LogP contribution is -3.00. The van der Waals surface area contributed by atoms with Gasteiger partial charge in [0.15, 0.2) is 12.4 Å². The van der Waals surface area contributed by atoms with Gasteiger partial charge in [-0.25, -0.2) is 0 Å². The van der Waals surface area contributed by atoms with Crippen molar-refractivity contribution in [3.8, 4) is 0 Å². The first-order chi connectivity index (χ1) is 10.2. The van der Waals surface area contributed by atoms with Crippen molar-refractivity contribution >= 4 is 0 Å². The highest BCUT2D eigenvalue weighted by Crippen LogP contribution is 2.22. The van der Waals surface area contributed by atoms with Crippen LogP contribution in [0.4, 0.5) is 0 Å². The molecule has 1 aromatic heterocycles. The summed E-state index contributed by atoms with van der Waals surface area (Å²) in [6.07, 6.45) is 4.26. The Morgan fingerprint density at radius 2 is 1.05 bits per heavy atom. The number of hydrogen-bond donors (Lipinski definition) is 0. The Hall–Kier alpha value is -1.68. The Labute approximate surface area is 149 Å². The van der Waals surface area contributed by atoms with Gasteiger partial charge in [-0.3, -0.25) is 0 Å². The summed E-state index contributed by atoms with van der Waals surface area (Å²) in [7, 11) is 0. The van der Waals surface area contributed by atoms with E-state index >= 15 is 0 Å². The van der Waals surface area contributed by atoms with Crippen LogP contribution in [0.2, 0.25) is 0 Å². The summed E-state index contributed by atoms with van der Waals surface area (Å²) in [5, 5.41) is 0. The first-order valence-electron chi connectivity index (χ1n) is 7.33.